The van der Waals surface area contributed by atoms with E-state index in [2.05, 4.69) is 30.9 Å². The van der Waals surface area contributed by atoms with Gasteiger partial charge in [-0.1, -0.05) is 12.5 Å². The molecule has 0 spiro atoms. The van der Waals surface area contributed by atoms with Gasteiger partial charge in [-0.05, 0) is 50.3 Å². The third-order valence-electron chi connectivity index (χ3n) is 3.77. The van der Waals surface area contributed by atoms with E-state index in [4.69, 9.17) is 5.73 Å². The first-order valence-electron chi connectivity index (χ1n) is 6.32. The van der Waals surface area contributed by atoms with E-state index in [1.165, 1.54) is 37.1 Å². The van der Waals surface area contributed by atoms with Crippen LogP contribution in [0, 0.1) is 12.8 Å². The van der Waals surface area contributed by atoms with E-state index in [1.807, 2.05) is 6.07 Å². The maximum atomic E-state index is 5.96. The van der Waals surface area contributed by atoms with E-state index in [0.29, 0.717) is 0 Å². The first-order chi connectivity index (χ1) is 7.72. The Hall–Kier alpha value is -1.18. The summed E-state index contributed by atoms with van der Waals surface area (Å²) in [6.45, 7) is 6.61. The number of nitrogens with two attached hydrogens (primary N) is 1. The van der Waals surface area contributed by atoms with Crippen molar-refractivity contribution in [3.05, 3.63) is 23.8 Å². The molecule has 0 aromatic heterocycles. The Morgan fingerprint density at radius 1 is 1.38 bits per heavy atom. The minimum atomic E-state index is 0.904. The SMILES string of the molecule is CCN(CC1CCC1)c1cccc(N)c1C. The fourth-order valence-electron chi connectivity index (χ4n) is 2.37. The lowest BCUT2D eigenvalue weighted by Gasteiger charge is -2.34. The Bertz CT molecular complexity index is 356. The minimum absolute atomic E-state index is 0.904. The molecule has 0 saturated heterocycles. The van der Waals surface area contributed by atoms with Crippen molar-refractivity contribution in [1.82, 2.24) is 0 Å². The number of nitrogens with zero attached hydrogens (tertiary/aromatic N) is 1. The van der Waals surface area contributed by atoms with Gasteiger partial charge in [0.15, 0.2) is 0 Å². The molecule has 2 N–H and O–H groups in total. The van der Waals surface area contributed by atoms with Gasteiger partial charge in [0.05, 0.1) is 0 Å². The summed E-state index contributed by atoms with van der Waals surface area (Å²) >= 11 is 0. The van der Waals surface area contributed by atoms with Crippen molar-refractivity contribution in [3.63, 3.8) is 0 Å². The maximum Gasteiger partial charge on any atom is 0.0416 e. The molecule has 1 saturated carbocycles. The molecule has 2 heteroatoms. The highest BCUT2D eigenvalue weighted by Gasteiger charge is 2.21. The molecule has 0 aliphatic heterocycles. The molecule has 0 radical (unpaired) electrons. The van der Waals surface area contributed by atoms with Crippen LogP contribution in [0.5, 0.6) is 0 Å². The Balaban J connectivity index is 2.15. The molecule has 0 unspecified atom stereocenters. The summed E-state index contributed by atoms with van der Waals surface area (Å²) in [5.74, 6) is 0.904. The number of nitrogen functional groups attached to an aromatic ring is 1. The second kappa shape index (κ2) is 4.77. The molecule has 1 aliphatic carbocycles. The molecule has 88 valence electrons. The van der Waals surface area contributed by atoms with Crippen molar-refractivity contribution in [3.8, 4) is 0 Å². The number of benzene rings is 1. The fraction of sp³-hybridized carbons (Fsp3) is 0.571. The third-order valence-corrected chi connectivity index (χ3v) is 3.77. The molecule has 2 nitrogen and oxygen atoms in total. The first-order valence-corrected chi connectivity index (χ1v) is 6.32. The van der Waals surface area contributed by atoms with Gasteiger partial charge in [0.1, 0.15) is 0 Å². The largest absolute Gasteiger partial charge is 0.398 e. The Labute approximate surface area is 98.4 Å². The number of anilines is 2. The molecule has 1 aliphatic rings. The number of hydrogen-bond acceptors (Lipinski definition) is 2. The first kappa shape index (κ1) is 11.3. The fourth-order valence-corrected chi connectivity index (χ4v) is 2.37. The van der Waals surface area contributed by atoms with Gasteiger partial charge in [-0.2, -0.15) is 0 Å². The lowest BCUT2D eigenvalue weighted by Crippen LogP contribution is -2.32. The highest BCUT2D eigenvalue weighted by atomic mass is 15.1. The van der Waals surface area contributed by atoms with Gasteiger partial charge in [-0.15, -0.1) is 0 Å². The van der Waals surface area contributed by atoms with E-state index in [9.17, 15) is 0 Å². The smallest absolute Gasteiger partial charge is 0.0416 e. The van der Waals surface area contributed by atoms with E-state index in [1.54, 1.807) is 0 Å². The predicted molar refractivity (Wildman–Crippen MR) is 70.8 cm³/mol. The van der Waals surface area contributed by atoms with Crippen molar-refractivity contribution in [2.45, 2.75) is 33.1 Å². The van der Waals surface area contributed by atoms with Crippen LogP contribution < -0.4 is 10.6 Å². The molecule has 1 aromatic carbocycles. The average molecular weight is 218 g/mol. The van der Waals surface area contributed by atoms with Crippen molar-refractivity contribution in [1.29, 1.82) is 0 Å². The predicted octanol–water partition coefficient (Wildman–Crippen LogP) is 3.20. The van der Waals surface area contributed by atoms with Crippen LogP contribution in [0.25, 0.3) is 0 Å². The standard InChI is InChI=1S/C14H22N2/c1-3-16(10-12-6-4-7-12)14-9-5-8-13(15)11(14)2/h5,8-9,12H,3-4,6-7,10,15H2,1-2H3. The van der Waals surface area contributed by atoms with E-state index < -0.39 is 0 Å². The molecular formula is C14H22N2. The lowest BCUT2D eigenvalue weighted by molar-refractivity contribution is 0.318. The summed E-state index contributed by atoms with van der Waals surface area (Å²) in [5, 5.41) is 0. The maximum absolute atomic E-state index is 5.96. The Kier molecular flexibility index (Phi) is 3.37. The van der Waals surface area contributed by atoms with Crippen LogP contribution in [0.3, 0.4) is 0 Å². The zero-order valence-electron chi connectivity index (χ0n) is 10.4. The quantitative estimate of drug-likeness (QED) is 0.786. The van der Waals surface area contributed by atoms with Crippen LogP contribution in [0.15, 0.2) is 18.2 Å². The summed E-state index contributed by atoms with van der Waals surface area (Å²) in [7, 11) is 0. The average Bonchev–Trinajstić information content (AvgIpc) is 2.22. The summed E-state index contributed by atoms with van der Waals surface area (Å²) in [6, 6.07) is 6.23. The van der Waals surface area contributed by atoms with Gasteiger partial charge in [-0.3, -0.25) is 0 Å². The molecule has 0 heterocycles. The molecule has 2 rings (SSSR count). The van der Waals surface area contributed by atoms with Crippen LogP contribution in [0.2, 0.25) is 0 Å². The second-order valence-electron chi connectivity index (χ2n) is 4.83. The van der Waals surface area contributed by atoms with Gasteiger partial charge in [0, 0.05) is 24.5 Å². The van der Waals surface area contributed by atoms with Gasteiger partial charge in [-0.25, -0.2) is 0 Å². The zero-order chi connectivity index (χ0) is 11.5. The summed E-state index contributed by atoms with van der Waals surface area (Å²) in [5.41, 5.74) is 9.41. The molecule has 16 heavy (non-hydrogen) atoms. The summed E-state index contributed by atoms with van der Waals surface area (Å²) in [4.78, 5) is 2.47. The third kappa shape index (κ3) is 2.16. The summed E-state index contributed by atoms with van der Waals surface area (Å²) in [6.07, 6.45) is 4.22. The van der Waals surface area contributed by atoms with Crippen LogP contribution in [0.4, 0.5) is 11.4 Å². The summed E-state index contributed by atoms with van der Waals surface area (Å²) < 4.78 is 0. The van der Waals surface area contributed by atoms with Crippen molar-refractivity contribution in [2.75, 3.05) is 23.7 Å². The topological polar surface area (TPSA) is 29.3 Å². The van der Waals surface area contributed by atoms with Gasteiger partial charge in [0.2, 0.25) is 0 Å². The Morgan fingerprint density at radius 2 is 2.12 bits per heavy atom. The van der Waals surface area contributed by atoms with Crippen LogP contribution in [-0.2, 0) is 0 Å². The van der Waals surface area contributed by atoms with Crippen molar-refractivity contribution >= 4 is 11.4 Å². The van der Waals surface area contributed by atoms with Crippen molar-refractivity contribution < 1.29 is 0 Å². The monoisotopic (exact) mass is 218 g/mol. The molecule has 1 fully saturated rings. The van der Waals surface area contributed by atoms with Gasteiger partial charge < -0.3 is 10.6 Å². The van der Waals surface area contributed by atoms with Crippen LogP contribution >= 0.6 is 0 Å². The van der Waals surface area contributed by atoms with Gasteiger partial charge in [0.25, 0.3) is 0 Å². The van der Waals surface area contributed by atoms with E-state index in [-0.39, 0.29) is 0 Å². The molecule has 0 bridgehead atoms. The Morgan fingerprint density at radius 3 is 2.69 bits per heavy atom. The highest BCUT2D eigenvalue weighted by molar-refractivity contribution is 5.64. The van der Waals surface area contributed by atoms with Crippen LogP contribution in [-0.4, -0.2) is 13.1 Å². The van der Waals surface area contributed by atoms with Crippen LogP contribution in [0.1, 0.15) is 31.7 Å². The van der Waals surface area contributed by atoms with E-state index >= 15 is 0 Å². The molecular weight excluding hydrogens is 196 g/mol. The van der Waals surface area contributed by atoms with Crippen molar-refractivity contribution in [2.24, 2.45) is 5.92 Å². The molecule has 0 atom stereocenters. The normalized spacial score (nSPS) is 15.9. The molecule has 0 amide bonds. The van der Waals surface area contributed by atoms with E-state index in [0.717, 1.165) is 18.2 Å². The molecule has 1 aromatic rings. The lowest BCUT2D eigenvalue weighted by atomic mass is 9.85. The highest BCUT2D eigenvalue weighted by Crippen LogP contribution is 2.31. The second-order valence-corrected chi connectivity index (χ2v) is 4.83. The van der Waals surface area contributed by atoms with Gasteiger partial charge >= 0.3 is 0 Å². The number of hydrogen-bond donors (Lipinski definition) is 1. The minimum Gasteiger partial charge on any atom is -0.398 e. The number of rotatable bonds is 4. The zero-order valence-corrected chi connectivity index (χ0v) is 10.4.